The van der Waals surface area contributed by atoms with Gasteiger partial charge in [0.15, 0.2) is 0 Å². The normalized spacial score (nSPS) is 10.6. The van der Waals surface area contributed by atoms with Gasteiger partial charge in [0.1, 0.15) is 12.4 Å². The van der Waals surface area contributed by atoms with Crippen LogP contribution in [0.5, 0.6) is 5.75 Å². The molecule has 6 heteroatoms. The van der Waals surface area contributed by atoms with Crippen LogP contribution in [-0.4, -0.2) is 4.98 Å². The van der Waals surface area contributed by atoms with Crippen LogP contribution in [0.2, 0.25) is 10.0 Å². The monoisotopic (exact) mass is 350 g/mol. The fraction of sp³-hybridized carbons (Fsp3) is 0.0625. The number of hydrogen-bond acceptors (Lipinski definition) is 4. The van der Waals surface area contributed by atoms with Crippen LogP contribution >= 0.6 is 34.5 Å². The number of nitrogens with zero attached hydrogens (tertiary/aromatic N) is 1. The van der Waals surface area contributed by atoms with Gasteiger partial charge in [-0.3, -0.25) is 0 Å². The second-order valence-corrected chi connectivity index (χ2v) is 6.15. The Morgan fingerprint density at radius 3 is 2.55 bits per heavy atom. The predicted octanol–water partition coefficient (Wildman–Crippen LogP) is 5.28. The molecule has 1 aromatic heterocycles. The minimum atomic E-state index is 0.263. The summed E-state index contributed by atoms with van der Waals surface area (Å²) < 4.78 is 5.75. The average molecular weight is 351 g/mol. The van der Waals surface area contributed by atoms with Crippen molar-refractivity contribution in [2.75, 3.05) is 5.73 Å². The zero-order chi connectivity index (χ0) is 15.5. The van der Waals surface area contributed by atoms with Crippen LogP contribution in [0.15, 0.2) is 47.3 Å². The molecular formula is C16H12Cl2N2OS. The first-order valence-corrected chi connectivity index (χ1v) is 8.19. The minimum Gasteiger partial charge on any atom is -0.487 e. The Morgan fingerprint density at radius 2 is 1.91 bits per heavy atom. The molecule has 3 aromatic rings. The number of ether oxygens (including phenoxy) is 1. The Kier molecular flexibility index (Phi) is 4.52. The van der Waals surface area contributed by atoms with E-state index in [9.17, 15) is 0 Å². The molecular weight excluding hydrogens is 339 g/mol. The molecule has 0 aliphatic rings. The van der Waals surface area contributed by atoms with E-state index in [-0.39, 0.29) is 6.61 Å². The second-order valence-electron chi connectivity index (χ2n) is 4.62. The molecule has 2 aromatic carbocycles. The second kappa shape index (κ2) is 6.57. The summed E-state index contributed by atoms with van der Waals surface area (Å²) in [6.07, 6.45) is 0. The first-order valence-electron chi connectivity index (χ1n) is 6.49. The van der Waals surface area contributed by atoms with Crippen molar-refractivity contribution in [1.29, 1.82) is 0 Å². The third-order valence-electron chi connectivity index (χ3n) is 3.17. The highest BCUT2D eigenvalue weighted by Crippen LogP contribution is 2.31. The van der Waals surface area contributed by atoms with Gasteiger partial charge in [-0.15, -0.1) is 11.3 Å². The summed E-state index contributed by atoms with van der Waals surface area (Å²) in [7, 11) is 0. The number of halogens is 2. The fourth-order valence-electron chi connectivity index (χ4n) is 2.01. The highest BCUT2D eigenvalue weighted by atomic mass is 35.5. The lowest BCUT2D eigenvalue weighted by molar-refractivity contribution is 0.308. The van der Waals surface area contributed by atoms with Crippen LogP contribution < -0.4 is 10.5 Å². The molecule has 3 rings (SSSR count). The summed E-state index contributed by atoms with van der Waals surface area (Å²) >= 11 is 13.8. The molecule has 0 amide bonds. The number of thiazole rings is 1. The maximum absolute atomic E-state index is 6.13. The van der Waals surface area contributed by atoms with Crippen LogP contribution in [0, 0.1) is 0 Å². The molecule has 3 nitrogen and oxygen atoms in total. The minimum absolute atomic E-state index is 0.263. The van der Waals surface area contributed by atoms with E-state index in [1.165, 1.54) is 0 Å². The standard InChI is InChI=1S/C16H12Cl2N2OS/c17-12-2-1-3-13(18)11(12)7-21-16-5-4-10(6-14(16)19)15-8-22-9-20-15/h1-6,8-9H,7,19H2. The summed E-state index contributed by atoms with van der Waals surface area (Å²) in [6.45, 7) is 0.263. The van der Waals surface area contributed by atoms with Crippen molar-refractivity contribution in [3.63, 3.8) is 0 Å². The molecule has 0 radical (unpaired) electrons. The van der Waals surface area contributed by atoms with Crippen molar-refractivity contribution in [3.8, 4) is 17.0 Å². The molecule has 0 saturated carbocycles. The van der Waals surface area contributed by atoms with E-state index >= 15 is 0 Å². The molecule has 0 atom stereocenters. The van der Waals surface area contributed by atoms with Gasteiger partial charge in [-0.1, -0.05) is 29.3 Å². The van der Waals surface area contributed by atoms with E-state index in [0.717, 1.165) is 16.8 Å². The van der Waals surface area contributed by atoms with Gasteiger partial charge in [0.05, 0.1) is 16.9 Å². The van der Waals surface area contributed by atoms with E-state index in [0.29, 0.717) is 21.5 Å². The molecule has 0 aliphatic carbocycles. The van der Waals surface area contributed by atoms with Crippen molar-refractivity contribution in [1.82, 2.24) is 4.98 Å². The third kappa shape index (κ3) is 3.19. The van der Waals surface area contributed by atoms with E-state index in [1.807, 2.05) is 23.6 Å². The molecule has 2 N–H and O–H groups in total. The highest BCUT2D eigenvalue weighted by Gasteiger charge is 2.09. The summed E-state index contributed by atoms with van der Waals surface area (Å²) in [6, 6.07) is 11.0. The quantitative estimate of drug-likeness (QED) is 0.651. The van der Waals surface area contributed by atoms with Gasteiger partial charge < -0.3 is 10.5 Å². The van der Waals surface area contributed by atoms with Crippen LogP contribution in [-0.2, 0) is 6.61 Å². The van der Waals surface area contributed by atoms with Crippen LogP contribution in [0.4, 0.5) is 5.69 Å². The Morgan fingerprint density at radius 1 is 1.14 bits per heavy atom. The number of aromatic nitrogens is 1. The van der Waals surface area contributed by atoms with Crippen molar-refractivity contribution in [2.24, 2.45) is 0 Å². The lowest BCUT2D eigenvalue weighted by Gasteiger charge is -2.12. The molecule has 112 valence electrons. The summed E-state index contributed by atoms with van der Waals surface area (Å²) in [5, 5.41) is 3.12. The highest BCUT2D eigenvalue weighted by molar-refractivity contribution is 7.07. The Bertz CT molecular complexity index is 771. The lowest BCUT2D eigenvalue weighted by Crippen LogP contribution is -2.00. The number of rotatable bonds is 4. The first-order chi connectivity index (χ1) is 10.6. The molecule has 1 heterocycles. The van der Waals surface area contributed by atoms with Crippen LogP contribution in [0.25, 0.3) is 11.3 Å². The van der Waals surface area contributed by atoms with Crippen LogP contribution in [0.3, 0.4) is 0 Å². The van der Waals surface area contributed by atoms with Gasteiger partial charge in [-0.05, 0) is 30.3 Å². The van der Waals surface area contributed by atoms with E-state index in [4.69, 9.17) is 33.7 Å². The van der Waals surface area contributed by atoms with Crippen molar-refractivity contribution >= 4 is 40.2 Å². The van der Waals surface area contributed by atoms with Gasteiger partial charge >= 0.3 is 0 Å². The van der Waals surface area contributed by atoms with Gasteiger partial charge in [-0.2, -0.15) is 0 Å². The maximum atomic E-state index is 6.13. The van der Waals surface area contributed by atoms with Gasteiger partial charge in [0.2, 0.25) is 0 Å². The molecule has 0 unspecified atom stereocenters. The molecule has 0 aliphatic heterocycles. The molecule has 22 heavy (non-hydrogen) atoms. The number of anilines is 1. The summed E-state index contributed by atoms with van der Waals surface area (Å²) in [5.74, 6) is 0.593. The first kappa shape index (κ1) is 15.2. The Hall–Kier alpha value is -1.75. The summed E-state index contributed by atoms with van der Waals surface area (Å²) in [4.78, 5) is 4.26. The molecule has 0 fully saturated rings. The number of nitrogen functional groups attached to an aromatic ring is 1. The van der Waals surface area contributed by atoms with E-state index in [2.05, 4.69) is 4.98 Å². The summed E-state index contributed by atoms with van der Waals surface area (Å²) in [5.41, 5.74) is 11.0. The van der Waals surface area contributed by atoms with Crippen molar-refractivity contribution < 1.29 is 4.74 Å². The lowest BCUT2D eigenvalue weighted by atomic mass is 10.1. The zero-order valence-electron chi connectivity index (χ0n) is 11.4. The van der Waals surface area contributed by atoms with Gasteiger partial charge in [0, 0.05) is 26.6 Å². The third-order valence-corrected chi connectivity index (χ3v) is 4.47. The van der Waals surface area contributed by atoms with Gasteiger partial charge in [-0.25, -0.2) is 4.98 Å². The topological polar surface area (TPSA) is 48.1 Å². The largest absolute Gasteiger partial charge is 0.487 e. The zero-order valence-corrected chi connectivity index (χ0v) is 13.8. The Labute approximate surface area is 142 Å². The number of benzene rings is 2. The number of nitrogens with two attached hydrogens (primary N) is 1. The molecule has 0 bridgehead atoms. The van der Waals surface area contributed by atoms with Crippen molar-refractivity contribution in [3.05, 3.63) is 62.9 Å². The smallest absolute Gasteiger partial charge is 0.142 e. The Balaban J connectivity index is 1.79. The fourth-order valence-corrected chi connectivity index (χ4v) is 3.08. The molecule has 0 spiro atoms. The van der Waals surface area contributed by atoms with Gasteiger partial charge in [0.25, 0.3) is 0 Å². The number of hydrogen-bond donors (Lipinski definition) is 1. The maximum Gasteiger partial charge on any atom is 0.142 e. The van der Waals surface area contributed by atoms with Crippen molar-refractivity contribution in [2.45, 2.75) is 6.61 Å². The van der Waals surface area contributed by atoms with Crippen LogP contribution in [0.1, 0.15) is 5.56 Å². The predicted molar refractivity (Wildman–Crippen MR) is 92.8 cm³/mol. The van der Waals surface area contributed by atoms with E-state index < -0.39 is 0 Å². The van der Waals surface area contributed by atoms with E-state index in [1.54, 1.807) is 35.0 Å². The SMILES string of the molecule is Nc1cc(-c2cscn2)ccc1OCc1c(Cl)cccc1Cl. The molecule has 0 saturated heterocycles. The average Bonchev–Trinajstić information content (AvgIpc) is 3.02.